The minimum absolute atomic E-state index is 0.107. The summed E-state index contributed by atoms with van der Waals surface area (Å²) in [7, 11) is 1.73. The number of halogens is 1. The van der Waals surface area contributed by atoms with Crippen LogP contribution in [0, 0.1) is 5.92 Å². The topological polar surface area (TPSA) is 59.8 Å². The summed E-state index contributed by atoms with van der Waals surface area (Å²) >= 11 is 3.22. The van der Waals surface area contributed by atoms with Gasteiger partial charge in [-0.1, -0.05) is 5.21 Å². The summed E-state index contributed by atoms with van der Waals surface area (Å²) in [5.74, 6) is 0.583. The third-order valence-corrected chi connectivity index (χ3v) is 2.92. The molecule has 0 bridgehead atoms. The van der Waals surface area contributed by atoms with Gasteiger partial charge in [0.1, 0.15) is 5.69 Å². The van der Waals surface area contributed by atoms with E-state index in [0.29, 0.717) is 22.6 Å². The molecule has 14 heavy (non-hydrogen) atoms. The van der Waals surface area contributed by atoms with Crippen molar-refractivity contribution in [1.29, 1.82) is 0 Å². The van der Waals surface area contributed by atoms with Gasteiger partial charge < -0.3 is 5.32 Å². The lowest BCUT2D eigenvalue weighted by atomic mass is 9.96. The highest BCUT2D eigenvalue weighted by Gasteiger charge is 2.24. The van der Waals surface area contributed by atoms with E-state index in [0.717, 1.165) is 13.1 Å². The van der Waals surface area contributed by atoms with Gasteiger partial charge in [0.25, 0.3) is 0 Å². The van der Waals surface area contributed by atoms with E-state index >= 15 is 0 Å². The van der Waals surface area contributed by atoms with E-state index in [4.69, 9.17) is 0 Å². The molecule has 0 spiro atoms. The fourth-order valence-corrected chi connectivity index (χ4v) is 2.03. The Morgan fingerprint density at radius 1 is 1.71 bits per heavy atom. The maximum Gasteiger partial charge on any atom is 0.184 e. The first kappa shape index (κ1) is 9.79. The Bertz CT molecular complexity index is 339. The molecule has 0 aliphatic carbocycles. The summed E-state index contributed by atoms with van der Waals surface area (Å²) in [5, 5.41) is 10.7. The average molecular weight is 259 g/mol. The first-order valence-corrected chi connectivity index (χ1v) is 5.27. The van der Waals surface area contributed by atoms with Gasteiger partial charge in [0.05, 0.1) is 0 Å². The molecule has 0 radical (unpaired) electrons. The van der Waals surface area contributed by atoms with Gasteiger partial charge in [0, 0.05) is 13.5 Å². The predicted octanol–water partition coefficient (Wildman–Crippen LogP) is 0.370. The average Bonchev–Trinajstić information content (AvgIpc) is 2.39. The molecule has 1 N–H and O–H groups in total. The van der Waals surface area contributed by atoms with Crippen molar-refractivity contribution in [2.24, 2.45) is 13.0 Å². The van der Waals surface area contributed by atoms with Gasteiger partial charge in [0.2, 0.25) is 0 Å². The number of carbonyl (C=O) groups excluding carboxylic acids is 1. The van der Waals surface area contributed by atoms with Crippen LogP contribution in [0.3, 0.4) is 0 Å². The van der Waals surface area contributed by atoms with Gasteiger partial charge >= 0.3 is 0 Å². The number of ketones is 1. The molecular formula is C8H11BrN4O. The molecule has 76 valence electrons. The molecule has 1 aliphatic heterocycles. The van der Waals surface area contributed by atoms with Crippen LogP contribution in [0.15, 0.2) is 4.60 Å². The Balaban J connectivity index is 2.09. The summed E-state index contributed by atoms with van der Waals surface area (Å²) in [6.07, 6.45) is 0.576. The van der Waals surface area contributed by atoms with E-state index in [1.165, 1.54) is 4.68 Å². The quantitative estimate of drug-likeness (QED) is 0.797. The minimum Gasteiger partial charge on any atom is -0.316 e. The van der Waals surface area contributed by atoms with E-state index in [2.05, 4.69) is 31.6 Å². The van der Waals surface area contributed by atoms with Crippen molar-refractivity contribution in [3.8, 4) is 0 Å². The maximum absolute atomic E-state index is 11.8. The predicted molar refractivity (Wildman–Crippen MR) is 54.0 cm³/mol. The molecule has 0 atom stereocenters. The van der Waals surface area contributed by atoms with Gasteiger partial charge in [-0.05, 0) is 34.9 Å². The molecule has 5 nitrogen and oxygen atoms in total. The van der Waals surface area contributed by atoms with Crippen LogP contribution in [0.4, 0.5) is 0 Å². The zero-order valence-corrected chi connectivity index (χ0v) is 9.41. The zero-order valence-electron chi connectivity index (χ0n) is 7.83. The van der Waals surface area contributed by atoms with Gasteiger partial charge in [-0.15, -0.1) is 5.10 Å². The van der Waals surface area contributed by atoms with E-state index in [1.54, 1.807) is 7.05 Å². The monoisotopic (exact) mass is 258 g/mol. The third-order valence-electron chi connectivity index (χ3n) is 2.39. The second kappa shape index (κ2) is 3.78. The largest absolute Gasteiger partial charge is 0.316 e. The van der Waals surface area contributed by atoms with E-state index in [9.17, 15) is 4.79 Å². The van der Waals surface area contributed by atoms with Crippen molar-refractivity contribution in [3.63, 3.8) is 0 Å². The smallest absolute Gasteiger partial charge is 0.184 e. The fourth-order valence-electron chi connectivity index (χ4n) is 1.48. The Morgan fingerprint density at radius 2 is 2.43 bits per heavy atom. The molecule has 1 aromatic heterocycles. The number of carbonyl (C=O) groups is 1. The molecule has 1 fully saturated rings. The van der Waals surface area contributed by atoms with Gasteiger partial charge in [-0.25, -0.2) is 4.68 Å². The summed E-state index contributed by atoms with van der Waals surface area (Å²) in [5.41, 5.74) is 0.567. The van der Waals surface area contributed by atoms with Crippen LogP contribution in [0.1, 0.15) is 16.9 Å². The molecule has 0 aromatic carbocycles. The summed E-state index contributed by atoms with van der Waals surface area (Å²) in [6.45, 7) is 1.88. The highest BCUT2D eigenvalue weighted by atomic mass is 79.9. The molecule has 0 unspecified atom stereocenters. The van der Waals surface area contributed by atoms with E-state index < -0.39 is 0 Å². The van der Waals surface area contributed by atoms with Crippen LogP contribution in [0.25, 0.3) is 0 Å². The number of aryl methyl sites for hydroxylation is 1. The number of hydrogen-bond acceptors (Lipinski definition) is 4. The molecular weight excluding hydrogens is 248 g/mol. The molecule has 0 amide bonds. The highest BCUT2D eigenvalue weighted by Crippen LogP contribution is 2.18. The van der Waals surface area contributed by atoms with Gasteiger partial charge in [-0.2, -0.15) is 0 Å². The van der Waals surface area contributed by atoms with Crippen LogP contribution in [-0.4, -0.2) is 33.9 Å². The Kier molecular flexibility index (Phi) is 2.64. The standard InChI is InChI=1S/C8H11BrN4O/c1-13-7(8(9)11-12-13)6(14)2-5-3-10-4-5/h5,10H,2-4H2,1H3. The molecule has 1 aromatic rings. The third kappa shape index (κ3) is 1.72. The Hall–Kier alpha value is -0.750. The summed E-state index contributed by atoms with van der Waals surface area (Å²) in [6, 6.07) is 0. The molecule has 2 rings (SSSR count). The van der Waals surface area contributed by atoms with Crippen LogP contribution >= 0.6 is 15.9 Å². The number of hydrogen-bond donors (Lipinski definition) is 1. The lowest BCUT2D eigenvalue weighted by Crippen LogP contribution is -2.43. The van der Waals surface area contributed by atoms with Gasteiger partial charge in [-0.3, -0.25) is 4.79 Å². The first-order valence-electron chi connectivity index (χ1n) is 4.47. The second-order valence-corrected chi connectivity index (χ2v) is 4.26. The highest BCUT2D eigenvalue weighted by molar-refractivity contribution is 9.10. The van der Waals surface area contributed by atoms with Crippen molar-refractivity contribution in [3.05, 3.63) is 10.3 Å². The number of nitrogens with zero attached hydrogens (tertiary/aromatic N) is 3. The zero-order chi connectivity index (χ0) is 10.1. The maximum atomic E-state index is 11.8. The lowest BCUT2D eigenvalue weighted by molar-refractivity contribution is 0.0935. The fraction of sp³-hybridized carbons (Fsp3) is 0.625. The molecule has 2 heterocycles. The van der Waals surface area contributed by atoms with Crippen LogP contribution in [0.5, 0.6) is 0 Å². The van der Waals surface area contributed by atoms with Crippen LogP contribution < -0.4 is 5.32 Å². The Morgan fingerprint density at radius 3 is 2.86 bits per heavy atom. The summed E-state index contributed by atoms with van der Waals surface area (Å²) < 4.78 is 2.05. The number of aromatic nitrogens is 3. The number of Topliss-reactive ketones (excluding diaryl/α,β-unsaturated/α-hetero) is 1. The Labute approximate surface area is 90.0 Å². The van der Waals surface area contributed by atoms with Crippen LogP contribution in [-0.2, 0) is 7.05 Å². The van der Waals surface area contributed by atoms with E-state index in [-0.39, 0.29) is 5.78 Å². The summed E-state index contributed by atoms with van der Waals surface area (Å²) in [4.78, 5) is 11.8. The molecule has 6 heteroatoms. The first-order chi connectivity index (χ1) is 6.68. The van der Waals surface area contributed by atoms with Crippen molar-refractivity contribution < 1.29 is 4.79 Å². The SMILES string of the molecule is Cn1nnc(Br)c1C(=O)CC1CNC1. The normalized spacial score (nSPS) is 16.7. The van der Waals surface area contributed by atoms with Crippen molar-refractivity contribution >= 4 is 21.7 Å². The van der Waals surface area contributed by atoms with Crippen molar-refractivity contribution in [2.75, 3.05) is 13.1 Å². The second-order valence-electron chi connectivity index (χ2n) is 3.50. The lowest BCUT2D eigenvalue weighted by Gasteiger charge is -2.26. The van der Waals surface area contributed by atoms with Crippen molar-refractivity contribution in [1.82, 2.24) is 20.3 Å². The van der Waals surface area contributed by atoms with Gasteiger partial charge in [0.15, 0.2) is 10.4 Å². The molecule has 0 saturated carbocycles. The molecule has 1 aliphatic rings. The van der Waals surface area contributed by atoms with Crippen molar-refractivity contribution in [2.45, 2.75) is 6.42 Å². The van der Waals surface area contributed by atoms with Crippen LogP contribution in [0.2, 0.25) is 0 Å². The minimum atomic E-state index is 0.107. The van der Waals surface area contributed by atoms with E-state index in [1.807, 2.05) is 0 Å². The number of nitrogens with one attached hydrogen (secondary N) is 1. The number of rotatable bonds is 3. The molecule has 1 saturated heterocycles.